The molecule has 1 amide bonds. The number of allylic oxidation sites excluding steroid dienone is 2. The molecule has 0 saturated carbocycles. The number of hydrogen-bond acceptors (Lipinski definition) is 4. The summed E-state index contributed by atoms with van der Waals surface area (Å²) in [6, 6.07) is 5.75. The average molecular weight is 283 g/mol. The quantitative estimate of drug-likeness (QED) is 0.877. The summed E-state index contributed by atoms with van der Waals surface area (Å²) >= 11 is 0. The Labute approximate surface area is 122 Å². The van der Waals surface area contributed by atoms with Crippen LogP contribution >= 0.6 is 0 Å². The van der Waals surface area contributed by atoms with Gasteiger partial charge in [0.05, 0.1) is 5.69 Å². The number of carbonyl (C=O) groups is 1. The second-order valence-electron chi connectivity index (χ2n) is 5.23. The minimum atomic E-state index is 0.0628. The Bertz CT molecular complexity index is 663. The van der Waals surface area contributed by atoms with Gasteiger partial charge in [0.25, 0.3) is 0 Å². The van der Waals surface area contributed by atoms with Gasteiger partial charge in [-0.2, -0.15) is 0 Å². The minimum absolute atomic E-state index is 0.0628. The second kappa shape index (κ2) is 5.87. The first kappa shape index (κ1) is 13.5. The molecule has 0 aliphatic heterocycles. The predicted octanol–water partition coefficient (Wildman–Crippen LogP) is 2.27. The number of carbonyl (C=O) groups excluding carboxylic acids is 1. The van der Waals surface area contributed by atoms with Gasteiger partial charge in [-0.05, 0) is 54.3 Å². The first-order chi connectivity index (χ1) is 10.2. The maximum atomic E-state index is 12.3. The number of nitrogens with zero attached hydrogens (tertiary/aromatic N) is 4. The average Bonchev–Trinajstić information content (AvgIpc) is 3.04. The molecule has 6 nitrogen and oxygen atoms in total. The monoisotopic (exact) mass is 283 g/mol. The first-order valence-corrected chi connectivity index (χ1v) is 7.04. The molecule has 0 bridgehead atoms. The zero-order chi connectivity index (χ0) is 14.7. The Balaban J connectivity index is 1.78. The summed E-state index contributed by atoms with van der Waals surface area (Å²) in [5.74, 6) is 0.138. The Kier molecular flexibility index (Phi) is 3.77. The molecule has 1 aliphatic carbocycles. The zero-order valence-electron chi connectivity index (χ0n) is 11.9. The van der Waals surface area contributed by atoms with Crippen molar-refractivity contribution < 1.29 is 4.79 Å². The van der Waals surface area contributed by atoms with Gasteiger partial charge >= 0.3 is 0 Å². The number of hydrogen-bond donors (Lipinski definition) is 1. The molecule has 108 valence electrons. The third-order valence-electron chi connectivity index (χ3n) is 3.71. The van der Waals surface area contributed by atoms with E-state index in [2.05, 4.69) is 33.0 Å². The Morgan fingerprint density at radius 1 is 1.38 bits per heavy atom. The molecule has 1 atom stereocenters. The van der Waals surface area contributed by atoms with Crippen LogP contribution in [0.2, 0.25) is 0 Å². The molecular weight excluding hydrogens is 266 g/mol. The summed E-state index contributed by atoms with van der Waals surface area (Å²) in [6.45, 7) is 1.98. The van der Waals surface area contributed by atoms with Crippen molar-refractivity contribution in [3.63, 3.8) is 0 Å². The Hall–Kier alpha value is -2.50. The second-order valence-corrected chi connectivity index (χ2v) is 5.23. The number of aryl methyl sites for hydroxylation is 1. The fourth-order valence-electron chi connectivity index (χ4n) is 2.48. The number of nitrogens with one attached hydrogen (secondary N) is 1. The van der Waals surface area contributed by atoms with Crippen LogP contribution < -0.4 is 5.32 Å². The van der Waals surface area contributed by atoms with E-state index in [9.17, 15) is 4.79 Å². The maximum absolute atomic E-state index is 12.3. The molecule has 0 fully saturated rings. The topological polar surface area (TPSA) is 72.7 Å². The molecule has 0 spiro atoms. The third-order valence-corrected chi connectivity index (χ3v) is 3.71. The van der Waals surface area contributed by atoms with E-state index in [-0.39, 0.29) is 11.8 Å². The molecule has 0 radical (unpaired) electrons. The molecule has 0 unspecified atom stereocenters. The summed E-state index contributed by atoms with van der Waals surface area (Å²) in [5.41, 5.74) is 2.67. The van der Waals surface area contributed by atoms with E-state index < -0.39 is 0 Å². The van der Waals surface area contributed by atoms with Gasteiger partial charge < -0.3 is 5.32 Å². The maximum Gasteiger partial charge on any atom is 0.227 e. The van der Waals surface area contributed by atoms with Crippen molar-refractivity contribution in [2.75, 3.05) is 5.32 Å². The van der Waals surface area contributed by atoms with Gasteiger partial charge in [0.1, 0.15) is 6.33 Å². The third kappa shape index (κ3) is 2.99. The fourth-order valence-corrected chi connectivity index (χ4v) is 2.48. The number of anilines is 1. The van der Waals surface area contributed by atoms with Gasteiger partial charge in [-0.15, -0.1) is 5.10 Å². The molecule has 1 heterocycles. The van der Waals surface area contributed by atoms with Crippen LogP contribution in [0.1, 0.15) is 24.8 Å². The predicted molar refractivity (Wildman–Crippen MR) is 79.0 cm³/mol. The summed E-state index contributed by atoms with van der Waals surface area (Å²) in [6.07, 6.45) is 8.45. The van der Waals surface area contributed by atoms with Gasteiger partial charge in [0.15, 0.2) is 0 Å². The normalized spacial score (nSPS) is 17.7. The van der Waals surface area contributed by atoms with Crippen LogP contribution in [0.25, 0.3) is 5.69 Å². The number of benzene rings is 1. The van der Waals surface area contributed by atoms with Crippen LogP contribution in [0.15, 0.2) is 36.7 Å². The lowest BCUT2D eigenvalue weighted by molar-refractivity contribution is -0.120. The van der Waals surface area contributed by atoms with Gasteiger partial charge in [-0.1, -0.05) is 18.2 Å². The van der Waals surface area contributed by atoms with E-state index in [0.717, 1.165) is 36.2 Å². The molecule has 1 aromatic heterocycles. The molecule has 1 N–H and O–H groups in total. The first-order valence-electron chi connectivity index (χ1n) is 7.04. The lowest BCUT2D eigenvalue weighted by atomic mass is 9.93. The van der Waals surface area contributed by atoms with Crippen LogP contribution in [-0.2, 0) is 4.79 Å². The number of aromatic nitrogens is 4. The highest BCUT2D eigenvalue weighted by atomic mass is 16.1. The molecule has 3 rings (SSSR count). The summed E-state index contributed by atoms with van der Waals surface area (Å²) in [4.78, 5) is 12.3. The van der Waals surface area contributed by atoms with Crippen molar-refractivity contribution in [2.45, 2.75) is 26.2 Å². The van der Waals surface area contributed by atoms with E-state index >= 15 is 0 Å². The van der Waals surface area contributed by atoms with Gasteiger partial charge in [-0.25, -0.2) is 4.68 Å². The van der Waals surface area contributed by atoms with Crippen LogP contribution in [0.3, 0.4) is 0 Å². The highest BCUT2D eigenvalue weighted by Gasteiger charge is 2.19. The van der Waals surface area contributed by atoms with Crippen molar-refractivity contribution in [2.24, 2.45) is 5.92 Å². The summed E-state index contributed by atoms with van der Waals surface area (Å²) in [7, 11) is 0. The van der Waals surface area contributed by atoms with Crippen LogP contribution in [0.4, 0.5) is 5.69 Å². The largest absolute Gasteiger partial charge is 0.326 e. The Morgan fingerprint density at radius 2 is 2.29 bits per heavy atom. The van der Waals surface area contributed by atoms with Crippen LogP contribution in [0.5, 0.6) is 0 Å². The van der Waals surface area contributed by atoms with Crippen molar-refractivity contribution in [3.05, 3.63) is 42.2 Å². The highest BCUT2D eigenvalue weighted by molar-refractivity contribution is 5.93. The lowest BCUT2D eigenvalue weighted by Crippen LogP contribution is -2.23. The SMILES string of the molecule is Cc1ccc(NC(=O)[C@@H]2CC=CCC2)cc1-n1cnnn1. The van der Waals surface area contributed by atoms with Crippen molar-refractivity contribution in [1.82, 2.24) is 20.2 Å². The molecule has 1 aliphatic rings. The van der Waals surface area contributed by atoms with Crippen molar-refractivity contribution >= 4 is 11.6 Å². The summed E-state index contributed by atoms with van der Waals surface area (Å²) in [5, 5.41) is 14.2. The molecule has 0 saturated heterocycles. The molecule has 6 heteroatoms. The standard InChI is InChI=1S/C15H17N5O/c1-11-7-8-13(9-14(11)20-10-16-18-19-20)17-15(21)12-5-3-2-4-6-12/h2-3,7-10,12H,4-6H2,1H3,(H,17,21)/t12-/m1/s1. The van der Waals surface area contributed by atoms with Gasteiger partial charge in [0.2, 0.25) is 5.91 Å². The van der Waals surface area contributed by atoms with Crippen molar-refractivity contribution in [3.8, 4) is 5.69 Å². The minimum Gasteiger partial charge on any atom is -0.326 e. The van der Waals surface area contributed by atoms with Gasteiger partial charge in [0, 0.05) is 11.6 Å². The number of rotatable bonds is 3. The number of tetrazole rings is 1. The fraction of sp³-hybridized carbons (Fsp3) is 0.333. The molecule has 1 aromatic carbocycles. The highest BCUT2D eigenvalue weighted by Crippen LogP contribution is 2.22. The van der Waals surface area contributed by atoms with E-state index in [1.54, 1.807) is 11.0 Å². The van der Waals surface area contributed by atoms with E-state index in [1.807, 2.05) is 25.1 Å². The summed E-state index contributed by atoms with van der Waals surface area (Å²) < 4.78 is 1.59. The van der Waals surface area contributed by atoms with E-state index in [1.165, 1.54) is 0 Å². The molecule has 21 heavy (non-hydrogen) atoms. The number of amides is 1. The molecular formula is C15H17N5O. The van der Waals surface area contributed by atoms with Crippen LogP contribution in [-0.4, -0.2) is 26.1 Å². The van der Waals surface area contributed by atoms with Crippen LogP contribution in [0, 0.1) is 12.8 Å². The zero-order valence-corrected chi connectivity index (χ0v) is 11.9. The van der Waals surface area contributed by atoms with Crippen molar-refractivity contribution in [1.29, 1.82) is 0 Å². The molecule has 2 aromatic rings. The van der Waals surface area contributed by atoms with Gasteiger partial charge in [-0.3, -0.25) is 4.79 Å². The van der Waals surface area contributed by atoms with E-state index in [0.29, 0.717) is 0 Å². The Morgan fingerprint density at radius 3 is 3.00 bits per heavy atom. The smallest absolute Gasteiger partial charge is 0.227 e. The van der Waals surface area contributed by atoms with E-state index in [4.69, 9.17) is 0 Å². The lowest BCUT2D eigenvalue weighted by Gasteiger charge is -2.17.